The lowest BCUT2D eigenvalue weighted by atomic mass is 10.2. The van der Waals surface area contributed by atoms with E-state index in [-0.39, 0.29) is 12.7 Å². The van der Waals surface area contributed by atoms with Gasteiger partial charge in [0, 0.05) is 20.6 Å². The smallest absolute Gasteiger partial charge is 0.236 e. The summed E-state index contributed by atoms with van der Waals surface area (Å²) in [5, 5.41) is 0. The van der Waals surface area contributed by atoms with E-state index < -0.39 is 0 Å². The van der Waals surface area contributed by atoms with E-state index in [9.17, 15) is 4.79 Å². The van der Waals surface area contributed by atoms with E-state index in [4.69, 9.17) is 9.47 Å². The summed E-state index contributed by atoms with van der Waals surface area (Å²) < 4.78 is 10.6. The first-order valence-electron chi connectivity index (χ1n) is 6.41. The minimum atomic E-state index is 0.114. The number of amides is 1. The van der Waals surface area contributed by atoms with E-state index >= 15 is 0 Å². The zero-order chi connectivity index (χ0) is 13.8. The number of nitrogens with zero attached hydrogens (tertiary/aromatic N) is 2. The normalized spacial score (nSPS) is 12.8. The lowest BCUT2D eigenvalue weighted by Gasteiger charge is -2.22. The number of carbonyl (C=O) groups is 1. The van der Waals surface area contributed by atoms with Gasteiger partial charge in [0.15, 0.2) is 11.5 Å². The molecular formula is C14H20N2O3. The Morgan fingerprint density at radius 3 is 2.68 bits per heavy atom. The van der Waals surface area contributed by atoms with Crippen LogP contribution in [0.5, 0.6) is 11.5 Å². The van der Waals surface area contributed by atoms with Crippen LogP contribution in [-0.2, 0) is 11.3 Å². The second-order valence-electron chi connectivity index (χ2n) is 4.78. The van der Waals surface area contributed by atoms with E-state index in [1.807, 2.05) is 18.2 Å². The van der Waals surface area contributed by atoms with Gasteiger partial charge in [-0.25, -0.2) is 0 Å². The summed E-state index contributed by atoms with van der Waals surface area (Å²) in [6, 6.07) is 5.90. The molecule has 1 aromatic rings. The predicted molar refractivity (Wildman–Crippen MR) is 72.2 cm³/mol. The van der Waals surface area contributed by atoms with Crippen LogP contribution in [0.1, 0.15) is 12.5 Å². The molecule has 1 aromatic carbocycles. The largest absolute Gasteiger partial charge is 0.454 e. The molecule has 5 heteroatoms. The molecule has 0 spiro atoms. The molecule has 1 aliphatic heterocycles. The maximum atomic E-state index is 11.7. The van der Waals surface area contributed by atoms with E-state index in [0.717, 1.165) is 30.2 Å². The summed E-state index contributed by atoms with van der Waals surface area (Å²) in [6.45, 7) is 4.32. The van der Waals surface area contributed by atoms with Gasteiger partial charge in [-0.1, -0.05) is 13.0 Å². The van der Waals surface area contributed by atoms with Crippen LogP contribution in [0, 0.1) is 0 Å². The van der Waals surface area contributed by atoms with Crippen LogP contribution < -0.4 is 9.47 Å². The number of hydrogen-bond donors (Lipinski definition) is 0. The maximum absolute atomic E-state index is 11.7. The highest BCUT2D eigenvalue weighted by molar-refractivity contribution is 5.77. The number of benzene rings is 1. The van der Waals surface area contributed by atoms with Crippen LogP contribution in [0.15, 0.2) is 18.2 Å². The third-order valence-electron chi connectivity index (χ3n) is 3.15. The van der Waals surface area contributed by atoms with Gasteiger partial charge in [-0.05, 0) is 24.2 Å². The van der Waals surface area contributed by atoms with Crippen LogP contribution >= 0.6 is 0 Å². The van der Waals surface area contributed by atoms with Gasteiger partial charge >= 0.3 is 0 Å². The SMILES string of the molecule is CCN(CC(=O)N(C)C)Cc1ccc2c(c1)OCO2. The Kier molecular flexibility index (Phi) is 4.27. The Bertz CT molecular complexity index is 460. The average Bonchev–Trinajstić information content (AvgIpc) is 2.85. The predicted octanol–water partition coefficient (Wildman–Crippen LogP) is 1.33. The molecule has 104 valence electrons. The lowest BCUT2D eigenvalue weighted by Crippen LogP contribution is -2.36. The van der Waals surface area contributed by atoms with Crippen molar-refractivity contribution in [2.75, 3.05) is 34.0 Å². The molecule has 0 bridgehead atoms. The monoisotopic (exact) mass is 264 g/mol. The van der Waals surface area contributed by atoms with Gasteiger partial charge in [0.2, 0.25) is 12.7 Å². The van der Waals surface area contributed by atoms with Crippen molar-refractivity contribution < 1.29 is 14.3 Å². The first kappa shape index (κ1) is 13.7. The molecule has 0 saturated carbocycles. The molecule has 1 aliphatic rings. The number of likely N-dealkylation sites (N-methyl/N-ethyl adjacent to an activating group) is 2. The second kappa shape index (κ2) is 5.93. The molecule has 0 aliphatic carbocycles. The fourth-order valence-electron chi connectivity index (χ4n) is 1.91. The highest BCUT2D eigenvalue weighted by Crippen LogP contribution is 2.32. The van der Waals surface area contributed by atoms with Crippen LogP contribution in [0.3, 0.4) is 0 Å². The maximum Gasteiger partial charge on any atom is 0.236 e. The Morgan fingerprint density at radius 1 is 1.26 bits per heavy atom. The van der Waals surface area contributed by atoms with Crippen LogP contribution in [0.2, 0.25) is 0 Å². The summed E-state index contributed by atoms with van der Waals surface area (Å²) in [6.07, 6.45) is 0. The summed E-state index contributed by atoms with van der Waals surface area (Å²) in [4.78, 5) is 15.4. The van der Waals surface area contributed by atoms with Gasteiger partial charge in [-0.2, -0.15) is 0 Å². The first-order chi connectivity index (χ1) is 9.10. The molecule has 0 saturated heterocycles. The van der Waals surface area contributed by atoms with E-state index in [2.05, 4.69) is 11.8 Å². The molecule has 0 fully saturated rings. The van der Waals surface area contributed by atoms with Gasteiger partial charge in [0.05, 0.1) is 6.54 Å². The number of fused-ring (bicyclic) bond motifs is 1. The van der Waals surface area contributed by atoms with Crippen molar-refractivity contribution in [3.8, 4) is 11.5 Å². The van der Waals surface area contributed by atoms with Crippen molar-refractivity contribution in [2.45, 2.75) is 13.5 Å². The minimum Gasteiger partial charge on any atom is -0.454 e. The molecule has 5 nitrogen and oxygen atoms in total. The summed E-state index contributed by atoms with van der Waals surface area (Å²) >= 11 is 0. The molecule has 0 aromatic heterocycles. The van der Waals surface area contributed by atoms with Crippen molar-refractivity contribution >= 4 is 5.91 Å². The van der Waals surface area contributed by atoms with E-state index in [1.165, 1.54) is 0 Å². The van der Waals surface area contributed by atoms with Gasteiger partial charge in [0.1, 0.15) is 0 Å². The average molecular weight is 264 g/mol. The minimum absolute atomic E-state index is 0.114. The highest BCUT2D eigenvalue weighted by Gasteiger charge is 2.15. The van der Waals surface area contributed by atoms with Gasteiger partial charge in [-0.3, -0.25) is 9.69 Å². The van der Waals surface area contributed by atoms with Crippen molar-refractivity contribution in [2.24, 2.45) is 0 Å². The molecular weight excluding hydrogens is 244 g/mol. The van der Waals surface area contributed by atoms with Crippen LogP contribution in [0.25, 0.3) is 0 Å². The number of hydrogen-bond acceptors (Lipinski definition) is 4. The van der Waals surface area contributed by atoms with Crippen molar-refractivity contribution in [1.29, 1.82) is 0 Å². The van der Waals surface area contributed by atoms with Crippen molar-refractivity contribution in [1.82, 2.24) is 9.80 Å². The molecule has 2 rings (SSSR count). The third kappa shape index (κ3) is 3.38. The Labute approximate surface area is 113 Å². The fraction of sp³-hybridized carbons (Fsp3) is 0.500. The molecule has 0 unspecified atom stereocenters. The van der Waals surface area contributed by atoms with Gasteiger partial charge in [0.25, 0.3) is 0 Å². The Morgan fingerprint density at radius 2 is 2.00 bits per heavy atom. The van der Waals surface area contributed by atoms with Crippen molar-refractivity contribution in [3.63, 3.8) is 0 Å². The van der Waals surface area contributed by atoms with E-state index in [0.29, 0.717) is 6.54 Å². The zero-order valence-corrected chi connectivity index (χ0v) is 11.7. The summed E-state index contributed by atoms with van der Waals surface area (Å²) in [5.41, 5.74) is 1.12. The number of ether oxygens (including phenoxy) is 2. The van der Waals surface area contributed by atoms with E-state index in [1.54, 1.807) is 19.0 Å². The lowest BCUT2D eigenvalue weighted by molar-refractivity contribution is -0.130. The van der Waals surface area contributed by atoms with Crippen molar-refractivity contribution in [3.05, 3.63) is 23.8 Å². The molecule has 1 heterocycles. The van der Waals surface area contributed by atoms with Gasteiger partial charge < -0.3 is 14.4 Å². The molecule has 0 atom stereocenters. The second-order valence-corrected chi connectivity index (χ2v) is 4.78. The standard InChI is InChI=1S/C14H20N2O3/c1-4-16(9-14(17)15(2)3)8-11-5-6-12-13(7-11)19-10-18-12/h5-7H,4,8-10H2,1-3H3. The Hall–Kier alpha value is -1.75. The summed E-state index contributed by atoms with van der Waals surface area (Å²) in [7, 11) is 3.55. The third-order valence-corrected chi connectivity index (χ3v) is 3.15. The fourth-order valence-corrected chi connectivity index (χ4v) is 1.91. The quantitative estimate of drug-likeness (QED) is 0.804. The van der Waals surface area contributed by atoms with Gasteiger partial charge in [-0.15, -0.1) is 0 Å². The van der Waals surface area contributed by atoms with Crippen LogP contribution in [-0.4, -0.2) is 49.7 Å². The molecule has 1 amide bonds. The number of rotatable bonds is 5. The highest BCUT2D eigenvalue weighted by atomic mass is 16.7. The zero-order valence-electron chi connectivity index (χ0n) is 11.7. The topological polar surface area (TPSA) is 42.0 Å². The molecule has 0 N–H and O–H groups in total. The summed E-state index contributed by atoms with van der Waals surface area (Å²) in [5.74, 6) is 1.69. The Balaban J connectivity index is 2.00. The molecule has 0 radical (unpaired) electrons. The van der Waals surface area contributed by atoms with Crippen LogP contribution in [0.4, 0.5) is 0 Å². The first-order valence-corrected chi connectivity index (χ1v) is 6.41. The number of carbonyl (C=O) groups excluding carboxylic acids is 1. The molecule has 19 heavy (non-hydrogen) atoms.